The Morgan fingerprint density at radius 2 is 1.80 bits per heavy atom. The molecule has 0 atom stereocenters. The molecule has 0 aliphatic rings. The Morgan fingerprint density at radius 3 is 2.48 bits per heavy atom. The first-order chi connectivity index (χ1) is 11.8. The molecular weight excluding hydrogens is 338 g/mol. The van der Waals surface area contributed by atoms with E-state index in [1.165, 1.54) is 6.07 Å². The average molecular weight is 361 g/mol. The highest BCUT2D eigenvalue weighted by molar-refractivity contribution is 7.92. The molecule has 0 heterocycles. The van der Waals surface area contributed by atoms with Gasteiger partial charge in [0.2, 0.25) is 0 Å². The highest BCUT2D eigenvalue weighted by Gasteiger charge is 2.19. The molecule has 7 heteroatoms. The number of hydrogen-bond acceptors (Lipinski definition) is 4. The Balaban J connectivity index is 2.27. The summed E-state index contributed by atoms with van der Waals surface area (Å²) in [4.78, 5) is 12.3. The minimum absolute atomic E-state index is 0.0928. The number of hydrogen-bond donors (Lipinski definition) is 3. The summed E-state index contributed by atoms with van der Waals surface area (Å²) in [5, 5.41) is 5.67. The third-order valence-electron chi connectivity index (χ3n) is 3.67. The van der Waals surface area contributed by atoms with E-state index < -0.39 is 10.0 Å². The van der Waals surface area contributed by atoms with Crippen LogP contribution < -0.4 is 15.4 Å². The third-order valence-corrected chi connectivity index (χ3v) is 5.19. The maximum atomic E-state index is 12.7. The molecule has 134 valence electrons. The number of carbonyl (C=O) groups is 1. The van der Waals surface area contributed by atoms with Crippen molar-refractivity contribution in [2.45, 2.75) is 18.7 Å². The lowest BCUT2D eigenvalue weighted by Crippen LogP contribution is -2.30. The highest BCUT2D eigenvalue weighted by Crippen LogP contribution is 2.21. The van der Waals surface area contributed by atoms with Gasteiger partial charge in [0.1, 0.15) is 0 Å². The number of rotatable bonds is 7. The fourth-order valence-corrected chi connectivity index (χ4v) is 3.67. The monoisotopic (exact) mass is 361 g/mol. The van der Waals surface area contributed by atoms with Gasteiger partial charge in [0.25, 0.3) is 15.9 Å². The van der Waals surface area contributed by atoms with Crippen LogP contribution >= 0.6 is 0 Å². The molecule has 1 amide bonds. The van der Waals surface area contributed by atoms with E-state index in [9.17, 15) is 13.2 Å². The number of sulfonamides is 1. The minimum Gasteiger partial charge on any atom is -0.351 e. The van der Waals surface area contributed by atoms with Gasteiger partial charge in [-0.1, -0.05) is 18.2 Å². The Bertz CT molecular complexity index is 864. The van der Waals surface area contributed by atoms with Crippen LogP contribution in [0.5, 0.6) is 0 Å². The minimum atomic E-state index is -3.78. The lowest BCUT2D eigenvalue weighted by Gasteiger charge is -2.12. The van der Waals surface area contributed by atoms with Gasteiger partial charge in [-0.15, -0.1) is 0 Å². The van der Waals surface area contributed by atoms with Crippen molar-refractivity contribution < 1.29 is 13.2 Å². The molecule has 0 aliphatic carbocycles. The standard InChI is InChI=1S/C18H23N3O3S/c1-13-5-4-6-16(11-13)21-25(23,24)17-12-15(8-7-14(17)2)18(22)20-10-9-19-3/h4-8,11-12,19,21H,9-10H2,1-3H3,(H,20,22). The second-order valence-electron chi connectivity index (χ2n) is 5.81. The topological polar surface area (TPSA) is 87.3 Å². The lowest BCUT2D eigenvalue weighted by molar-refractivity contribution is 0.0954. The second kappa shape index (κ2) is 8.13. The highest BCUT2D eigenvalue weighted by atomic mass is 32.2. The van der Waals surface area contributed by atoms with E-state index in [1.54, 1.807) is 44.3 Å². The summed E-state index contributed by atoms with van der Waals surface area (Å²) >= 11 is 0. The van der Waals surface area contributed by atoms with Gasteiger partial charge in [-0.05, 0) is 56.3 Å². The van der Waals surface area contributed by atoms with E-state index in [0.717, 1.165) is 5.56 Å². The number of likely N-dealkylation sites (N-methyl/N-ethyl adjacent to an activating group) is 1. The normalized spacial score (nSPS) is 11.2. The molecule has 6 nitrogen and oxygen atoms in total. The molecule has 3 N–H and O–H groups in total. The van der Waals surface area contributed by atoms with Crippen LogP contribution in [0.1, 0.15) is 21.5 Å². The molecule has 2 aromatic carbocycles. The molecule has 0 aliphatic heterocycles. The quantitative estimate of drug-likeness (QED) is 0.659. The van der Waals surface area contributed by atoms with Crippen LogP contribution in [0.2, 0.25) is 0 Å². The predicted octanol–water partition coefficient (Wildman–Crippen LogP) is 2.05. The van der Waals surface area contributed by atoms with Gasteiger partial charge in [0.15, 0.2) is 0 Å². The summed E-state index contributed by atoms with van der Waals surface area (Å²) in [7, 11) is -1.99. The lowest BCUT2D eigenvalue weighted by atomic mass is 10.1. The molecule has 0 aromatic heterocycles. The van der Waals surface area contributed by atoms with E-state index in [1.807, 2.05) is 13.0 Å². The van der Waals surface area contributed by atoms with Crippen molar-refractivity contribution in [1.82, 2.24) is 10.6 Å². The Kier molecular flexibility index (Phi) is 6.17. The van der Waals surface area contributed by atoms with Crippen molar-refractivity contribution in [2.24, 2.45) is 0 Å². The molecule has 0 saturated carbocycles. The summed E-state index contributed by atoms with van der Waals surface area (Å²) in [6, 6.07) is 11.8. The van der Waals surface area contributed by atoms with Crippen molar-refractivity contribution in [3.63, 3.8) is 0 Å². The van der Waals surface area contributed by atoms with Gasteiger partial charge in [-0.25, -0.2) is 8.42 Å². The van der Waals surface area contributed by atoms with Crippen LogP contribution in [0.3, 0.4) is 0 Å². The fourth-order valence-electron chi connectivity index (χ4n) is 2.35. The van der Waals surface area contributed by atoms with Crippen LogP contribution in [0.4, 0.5) is 5.69 Å². The van der Waals surface area contributed by atoms with Crippen LogP contribution in [-0.2, 0) is 10.0 Å². The number of carbonyl (C=O) groups excluding carboxylic acids is 1. The van der Waals surface area contributed by atoms with Gasteiger partial charge in [0.05, 0.1) is 4.90 Å². The average Bonchev–Trinajstić information content (AvgIpc) is 2.54. The van der Waals surface area contributed by atoms with Gasteiger partial charge < -0.3 is 10.6 Å². The van der Waals surface area contributed by atoms with Crippen LogP contribution in [0.25, 0.3) is 0 Å². The van der Waals surface area contributed by atoms with E-state index in [0.29, 0.717) is 29.9 Å². The maximum absolute atomic E-state index is 12.7. The number of amides is 1. The maximum Gasteiger partial charge on any atom is 0.262 e. The molecule has 0 radical (unpaired) electrons. The first-order valence-corrected chi connectivity index (χ1v) is 9.45. The SMILES string of the molecule is CNCCNC(=O)c1ccc(C)c(S(=O)(=O)Nc2cccc(C)c2)c1. The van der Waals surface area contributed by atoms with Gasteiger partial charge in [-0.3, -0.25) is 9.52 Å². The van der Waals surface area contributed by atoms with Crippen LogP contribution in [0.15, 0.2) is 47.4 Å². The largest absolute Gasteiger partial charge is 0.351 e. The molecular formula is C18H23N3O3S. The number of benzene rings is 2. The number of aryl methyl sites for hydroxylation is 2. The smallest absolute Gasteiger partial charge is 0.262 e. The van der Waals surface area contributed by atoms with E-state index in [-0.39, 0.29) is 10.8 Å². The molecule has 2 rings (SSSR count). The Hall–Kier alpha value is -2.38. The molecule has 0 spiro atoms. The molecule has 0 unspecified atom stereocenters. The third kappa shape index (κ3) is 5.04. The fraction of sp³-hybridized carbons (Fsp3) is 0.278. The molecule has 0 saturated heterocycles. The van der Waals surface area contributed by atoms with E-state index >= 15 is 0 Å². The zero-order valence-corrected chi connectivity index (χ0v) is 15.4. The Morgan fingerprint density at radius 1 is 1.04 bits per heavy atom. The number of anilines is 1. The summed E-state index contributed by atoms with van der Waals surface area (Å²) in [6.07, 6.45) is 0. The van der Waals surface area contributed by atoms with Crippen molar-refractivity contribution in [3.05, 3.63) is 59.2 Å². The predicted molar refractivity (Wildman–Crippen MR) is 99.4 cm³/mol. The van der Waals surface area contributed by atoms with E-state index in [4.69, 9.17) is 0 Å². The van der Waals surface area contributed by atoms with Gasteiger partial charge >= 0.3 is 0 Å². The van der Waals surface area contributed by atoms with E-state index in [2.05, 4.69) is 15.4 Å². The van der Waals surface area contributed by atoms with Crippen molar-refractivity contribution in [2.75, 3.05) is 24.9 Å². The summed E-state index contributed by atoms with van der Waals surface area (Å²) in [5.74, 6) is -0.303. The second-order valence-corrected chi connectivity index (χ2v) is 7.47. The first kappa shape index (κ1) is 19.0. The van der Waals surface area contributed by atoms with Crippen molar-refractivity contribution >= 4 is 21.6 Å². The first-order valence-electron chi connectivity index (χ1n) is 7.96. The molecule has 0 bridgehead atoms. The molecule has 25 heavy (non-hydrogen) atoms. The zero-order valence-electron chi connectivity index (χ0n) is 14.6. The van der Waals surface area contributed by atoms with Crippen molar-refractivity contribution in [1.29, 1.82) is 0 Å². The van der Waals surface area contributed by atoms with Crippen LogP contribution in [-0.4, -0.2) is 34.5 Å². The van der Waals surface area contributed by atoms with Crippen LogP contribution in [0, 0.1) is 13.8 Å². The number of nitrogens with one attached hydrogen (secondary N) is 3. The zero-order chi connectivity index (χ0) is 18.4. The molecule has 2 aromatic rings. The van der Waals surface area contributed by atoms with Gasteiger partial charge in [-0.2, -0.15) is 0 Å². The van der Waals surface area contributed by atoms with Crippen molar-refractivity contribution in [3.8, 4) is 0 Å². The Labute approximate surface area is 148 Å². The van der Waals surface area contributed by atoms with Gasteiger partial charge in [0, 0.05) is 24.3 Å². The molecule has 0 fully saturated rings. The summed E-state index contributed by atoms with van der Waals surface area (Å²) in [5.41, 5.74) is 2.33. The summed E-state index contributed by atoms with van der Waals surface area (Å²) < 4.78 is 28.0. The summed E-state index contributed by atoms with van der Waals surface area (Å²) in [6.45, 7) is 4.69.